The first-order valence-electron chi connectivity index (χ1n) is 9.48. The molecule has 1 aliphatic rings. The first kappa shape index (κ1) is 20.2. The van der Waals surface area contributed by atoms with Gasteiger partial charge < -0.3 is 19.8 Å². The lowest BCUT2D eigenvalue weighted by atomic mass is 10.1. The molecule has 6 heteroatoms. The van der Waals surface area contributed by atoms with Crippen LogP contribution in [0, 0.1) is 5.92 Å². The highest BCUT2D eigenvalue weighted by molar-refractivity contribution is 5.99. The maximum absolute atomic E-state index is 12.7. The standard InChI is InChI=1S/C22H24N2O3.ClH/c25-22(24-13-11-16-10-12-23-14-16)21-19(15-26-17-6-2-1-3-7-17)18-8-4-5-9-20(18)27-21;/h1-9,16,23H,10-15H2,(H,24,25);1H. The molecule has 1 unspecified atom stereocenters. The van der Waals surface area contributed by atoms with Crippen molar-refractivity contribution in [2.75, 3.05) is 19.6 Å². The minimum atomic E-state index is -0.177. The van der Waals surface area contributed by atoms with Crippen molar-refractivity contribution in [1.82, 2.24) is 10.6 Å². The fraction of sp³-hybridized carbons (Fsp3) is 0.318. The highest BCUT2D eigenvalue weighted by Crippen LogP contribution is 2.27. The van der Waals surface area contributed by atoms with Gasteiger partial charge in [-0.1, -0.05) is 36.4 Å². The van der Waals surface area contributed by atoms with Gasteiger partial charge in [-0.25, -0.2) is 0 Å². The molecule has 0 saturated carbocycles. The van der Waals surface area contributed by atoms with Crippen molar-refractivity contribution in [2.45, 2.75) is 19.4 Å². The summed E-state index contributed by atoms with van der Waals surface area (Å²) in [7, 11) is 0. The summed E-state index contributed by atoms with van der Waals surface area (Å²) < 4.78 is 11.8. The largest absolute Gasteiger partial charge is 0.489 e. The average Bonchev–Trinajstić information content (AvgIpc) is 3.35. The summed E-state index contributed by atoms with van der Waals surface area (Å²) in [6.45, 7) is 3.05. The second-order valence-corrected chi connectivity index (χ2v) is 6.91. The molecule has 2 N–H and O–H groups in total. The van der Waals surface area contributed by atoms with Gasteiger partial charge >= 0.3 is 0 Å². The van der Waals surface area contributed by atoms with Crippen LogP contribution < -0.4 is 15.4 Å². The molecule has 4 rings (SSSR count). The number of furan rings is 1. The molecule has 5 nitrogen and oxygen atoms in total. The van der Waals surface area contributed by atoms with E-state index in [0.29, 0.717) is 23.8 Å². The second-order valence-electron chi connectivity index (χ2n) is 6.91. The summed E-state index contributed by atoms with van der Waals surface area (Å²) in [5, 5.41) is 7.28. The van der Waals surface area contributed by atoms with Crippen LogP contribution in [0.4, 0.5) is 0 Å². The molecule has 148 valence electrons. The van der Waals surface area contributed by atoms with Gasteiger partial charge in [0.25, 0.3) is 5.91 Å². The fourth-order valence-electron chi connectivity index (χ4n) is 3.53. The smallest absolute Gasteiger partial charge is 0.287 e. The second kappa shape index (κ2) is 9.62. The molecule has 1 aromatic heterocycles. The van der Waals surface area contributed by atoms with Gasteiger partial charge in [0, 0.05) is 17.5 Å². The summed E-state index contributed by atoms with van der Waals surface area (Å²) in [6, 6.07) is 17.3. The number of carbonyl (C=O) groups excluding carboxylic acids is 1. The Hall–Kier alpha value is -2.50. The number of amides is 1. The first-order chi connectivity index (χ1) is 13.3. The molecule has 1 atom stereocenters. The fourth-order valence-corrected chi connectivity index (χ4v) is 3.53. The number of rotatable bonds is 7. The van der Waals surface area contributed by atoms with E-state index in [0.717, 1.165) is 36.2 Å². The highest BCUT2D eigenvalue weighted by atomic mass is 35.5. The summed E-state index contributed by atoms with van der Waals surface area (Å²) in [5.74, 6) is 1.57. The van der Waals surface area contributed by atoms with Crippen molar-refractivity contribution in [3.05, 3.63) is 65.9 Å². The quantitative estimate of drug-likeness (QED) is 0.625. The third-order valence-corrected chi connectivity index (χ3v) is 5.03. The Morgan fingerprint density at radius 2 is 1.93 bits per heavy atom. The molecule has 3 aromatic rings. The van der Waals surface area contributed by atoms with Gasteiger partial charge in [-0.15, -0.1) is 12.4 Å². The number of ether oxygens (including phenoxy) is 1. The van der Waals surface area contributed by atoms with Crippen LogP contribution in [0.1, 0.15) is 29.0 Å². The summed E-state index contributed by atoms with van der Waals surface area (Å²) in [5.41, 5.74) is 1.49. The van der Waals surface area contributed by atoms with Crippen LogP contribution in [0.2, 0.25) is 0 Å². The Labute approximate surface area is 170 Å². The first-order valence-corrected chi connectivity index (χ1v) is 9.48. The number of carbonyl (C=O) groups is 1. The van der Waals surface area contributed by atoms with E-state index < -0.39 is 0 Å². The number of halogens is 1. The molecule has 2 heterocycles. The molecular weight excluding hydrogens is 376 g/mol. The molecule has 0 aliphatic carbocycles. The Bertz CT molecular complexity index is 905. The third kappa shape index (κ3) is 4.66. The topological polar surface area (TPSA) is 63.5 Å². The van der Waals surface area contributed by atoms with Gasteiger partial charge in [-0.2, -0.15) is 0 Å². The van der Waals surface area contributed by atoms with Crippen LogP contribution in [0.15, 0.2) is 59.0 Å². The maximum atomic E-state index is 12.7. The van der Waals surface area contributed by atoms with E-state index in [2.05, 4.69) is 10.6 Å². The molecule has 1 aliphatic heterocycles. The molecule has 0 radical (unpaired) electrons. The number of hydrogen-bond acceptors (Lipinski definition) is 4. The van der Waals surface area contributed by atoms with Crippen LogP contribution in [0.25, 0.3) is 11.0 Å². The summed E-state index contributed by atoms with van der Waals surface area (Å²) in [6.07, 6.45) is 2.16. The van der Waals surface area contributed by atoms with Crippen LogP contribution in [0.5, 0.6) is 5.75 Å². The summed E-state index contributed by atoms with van der Waals surface area (Å²) >= 11 is 0. The van der Waals surface area contributed by atoms with E-state index in [-0.39, 0.29) is 24.9 Å². The molecule has 1 amide bonds. The van der Waals surface area contributed by atoms with E-state index in [9.17, 15) is 4.79 Å². The number of fused-ring (bicyclic) bond motifs is 1. The van der Waals surface area contributed by atoms with Crippen molar-refractivity contribution in [1.29, 1.82) is 0 Å². The van der Waals surface area contributed by atoms with Crippen LogP contribution >= 0.6 is 12.4 Å². The van der Waals surface area contributed by atoms with Crippen molar-refractivity contribution in [3.8, 4) is 5.75 Å². The predicted octanol–water partition coefficient (Wildman–Crippen LogP) is 4.16. The number of nitrogens with one attached hydrogen (secondary N) is 2. The minimum absolute atomic E-state index is 0. The van der Waals surface area contributed by atoms with E-state index in [1.54, 1.807) is 0 Å². The Morgan fingerprint density at radius 1 is 1.14 bits per heavy atom. The molecule has 28 heavy (non-hydrogen) atoms. The normalized spacial score (nSPS) is 15.9. The number of hydrogen-bond donors (Lipinski definition) is 2. The highest BCUT2D eigenvalue weighted by Gasteiger charge is 2.21. The Balaban J connectivity index is 0.00000225. The molecular formula is C22H25ClN2O3. The zero-order valence-corrected chi connectivity index (χ0v) is 16.5. The number of benzene rings is 2. The lowest BCUT2D eigenvalue weighted by Gasteiger charge is -2.10. The average molecular weight is 401 g/mol. The van der Waals surface area contributed by atoms with Gasteiger partial charge in [-0.05, 0) is 50.0 Å². The van der Waals surface area contributed by atoms with E-state index >= 15 is 0 Å². The minimum Gasteiger partial charge on any atom is -0.489 e. The van der Waals surface area contributed by atoms with Gasteiger partial charge in [0.1, 0.15) is 17.9 Å². The van der Waals surface area contributed by atoms with Gasteiger partial charge in [0.15, 0.2) is 5.76 Å². The van der Waals surface area contributed by atoms with Gasteiger partial charge in [0.05, 0.1) is 0 Å². The summed E-state index contributed by atoms with van der Waals surface area (Å²) in [4.78, 5) is 12.7. The Morgan fingerprint density at radius 3 is 2.71 bits per heavy atom. The monoisotopic (exact) mass is 400 g/mol. The van der Waals surface area contributed by atoms with E-state index in [1.807, 2.05) is 54.6 Å². The SMILES string of the molecule is Cl.O=C(NCCC1CCNC1)c1oc2ccccc2c1COc1ccccc1. The predicted molar refractivity (Wildman–Crippen MR) is 112 cm³/mol. The zero-order chi connectivity index (χ0) is 18.5. The number of para-hydroxylation sites is 2. The molecule has 2 aromatic carbocycles. The zero-order valence-electron chi connectivity index (χ0n) is 15.6. The van der Waals surface area contributed by atoms with Crippen LogP contribution in [-0.4, -0.2) is 25.5 Å². The van der Waals surface area contributed by atoms with Gasteiger partial charge in [0.2, 0.25) is 0 Å². The van der Waals surface area contributed by atoms with Crippen molar-refractivity contribution >= 4 is 29.3 Å². The lowest BCUT2D eigenvalue weighted by molar-refractivity contribution is 0.0922. The molecule has 1 fully saturated rings. The maximum Gasteiger partial charge on any atom is 0.287 e. The van der Waals surface area contributed by atoms with Crippen molar-refractivity contribution < 1.29 is 13.9 Å². The third-order valence-electron chi connectivity index (χ3n) is 5.03. The van der Waals surface area contributed by atoms with Crippen molar-refractivity contribution in [2.24, 2.45) is 5.92 Å². The molecule has 0 bridgehead atoms. The van der Waals surface area contributed by atoms with E-state index in [4.69, 9.17) is 9.15 Å². The Kier molecular flexibility index (Phi) is 6.95. The van der Waals surface area contributed by atoms with Crippen molar-refractivity contribution in [3.63, 3.8) is 0 Å². The van der Waals surface area contributed by atoms with Crippen LogP contribution in [-0.2, 0) is 6.61 Å². The lowest BCUT2D eigenvalue weighted by Crippen LogP contribution is -2.27. The van der Waals surface area contributed by atoms with Crippen LogP contribution in [0.3, 0.4) is 0 Å². The van der Waals surface area contributed by atoms with Gasteiger partial charge in [-0.3, -0.25) is 4.79 Å². The molecule has 1 saturated heterocycles. The molecule has 0 spiro atoms. The van der Waals surface area contributed by atoms with E-state index in [1.165, 1.54) is 6.42 Å².